The zero-order valence-corrected chi connectivity index (χ0v) is 24.7. The Hall–Kier alpha value is -0.123. The van der Waals surface area contributed by atoms with Crippen LogP contribution in [-0.4, -0.2) is 20.4 Å². The van der Waals surface area contributed by atoms with E-state index in [1.807, 2.05) is 0 Å². The van der Waals surface area contributed by atoms with Crippen LogP contribution in [0.4, 0.5) is 0 Å². The molecule has 0 unspecified atom stereocenters. The van der Waals surface area contributed by atoms with E-state index in [4.69, 9.17) is 16.0 Å². The number of hydrogen-bond donors (Lipinski definition) is 0. The Bertz CT molecular complexity index is 749. The van der Waals surface area contributed by atoms with E-state index in [0.29, 0.717) is 29.4 Å². The number of carbonyl (C=O) groups excluding carboxylic acids is 1. The molecule has 2 fully saturated rings. The van der Waals surface area contributed by atoms with Crippen LogP contribution < -0.4 is 0 Å². The number of carbonyl (C=O) groups is 1. The lowest BCUT2D eigenvalue weighted by atomic mass is 9.43. The van der Waals surface area contributed by atoms with Crippen LogP contribution in [0.5, 0.6) is 0 Å². The van der Waals surface area contributed by atoms with Crippen molar-refractivity contribution in [2.24, 2.45) is 28.6 Å². The van der Waals surface area contributed by atoms with Crippen LogP contribution in [0.2, 0.25) is 10.6 Å². The molecule has 189 valence electrons. The van der Waals surface area contributed by atoms with Gasteiger partial charge in [0, 0.05) is 6.42 Å². The molecule has 3 rings (SSSR count). The SMILES string of the molecule is CC1=C(CCCC(=O)Cl)[C@@H]2CC[C@H]3C(C)(C)[C@@H](O[Si](C(C)C)C(C)(C)C)CC[C@]3(C)[C@H]2CC1. The van der Waals surface area contributed by atoms with E-state index in [1.165, 1.54) is 38.5 Å². The van der Waals surface area contributed by atoms with Crippen LogP contribution in [0.3, 0.4) is 0 Å². The molecular weight excluding hydrogens is 444 g/mol. The van der Waals surface area contributed by atoms with Gasteiger partial charge in [-0.2, -0.15) is 0 Å². The molecule has 0 aromatic carbocycles. The van der Waals surface area contributed by atoms with E-state index in [1.54, 1.807) is 11.1 Å². The molecule has 0 aromatic heterocycles. The largest absolute Gasteiger partial charge is 0.412 e. The molecule has 5 atom stereocenters. The molecule has 33 heavy (non-hydrogen) atoms. The first kappa shape index (κ1) is 27.5. The topological polar surface area (TPSA) is 26.3 Å². The van der Waals surface area contributed by atoms with Crippen LogP contribution in [0.15, 0.2) is 11.1 Å². The number of hydrogen-bond acceptors (Lipinski definition) is 2. The Morgan fingerprint density at radius 1 is 1.15 bits per heavy atom. The summed E-state index contributed by atoms with van der Waals surface area (Å²) in [5.74, 6) is 2.22. The molecule has 0 saturated heterocycles. The lowest BCUT2D eigenvalue weighted by Crippen LogP contribution is -2.58. The van der Waals surface area contributed by atoms with Gasteiger partial charge in [0.25, 0.3) is 0 Å². The lowest BCUT2D eigenvalue weighted by Gasteiger charge is -2.63. The van der Waals surface area contributed by atoms with Crippen LogP contribution in [0.1, 0.15) is 120 Å². The minimum absolute atomic E-state index is 0.186. The zero-order valence-electron chi connectivity index (χ0n) is 22.9. The minimum atomic E-state index is -0.905. The summed E-state index contributed by atoms with van der Waals surface area (Å²) in [5.41, 5.74) is 4.52. The molecule has 0 spiro atoms. The summed E-state index contributed by atoms with van der Waals surface area (Å²) in [7, 11) is -0.905. The standard InChI is InChI=1S/C29H50ClO2Si/c1-19(2)33(27(4,5)6)32-25-17-18-29(9)23-15-13-20(3)21(11-10-12-26(30)31)22(23)14-16-24(29)28(25,7)8/h19,22-25H,10-18H2,1-9H3/t22-,23-,24-,25-,29+/m0/s1. The summed E-state index contributed by atoms with van der Waals surface area (Å²) in [6.07, 6.45) is 10.6. The van der Waals surface area contributed by atoms with Crippen LogP contribution in [-0.2, 0) is 9.22 Å². The third-order valence-corrected chi connectivity index (χ3v) is 13.0. The number of fused-ring (bicyclic) bond motifs is 3. The first-order valence-corrected chi connectivity index (χ1v) is 15.5. The predicted octanol–water partition coefficient (Wildman–Crippen LogP) is 9.09. The average molecular weight is 494 g/mol. The monoisotopic (exact) mass is 493 g/mol. The van der Waals surface area contributed by atoms with Crippen molar-refractivity contribution in [3.8, 4) is 0 Å². The summed E-state index contributed by atoms with van der Waals surface area (Å²) >= 11 is 5.65. The Balaban J connectivity index is 1.81. The molecule has 0 aliphatic heterocycles. The van der Waals surface area contributed by atoms with Gasteiger partial charge in [-0.15, -0.1) is 0 Å². The van der Waals surface area contributed by atoms with Crippen molar-refractivity contribution in [1.29, 1.82) is 0 Å². The van der Waals surface area contributed by atoms with Crippen molar-refractivity contribution in [2.45, 2.75) is 137 Å². The molecule has 2 nitrogen and oxygen atoms in total. The van der Waals surface area contributed by atoms with E-state index < -0.39 is 9.04 Å². The Labute approximate surface area is 211 Å². The Morgan fingerprint density at radius 2 is 1.82 bits per heavy atom. The average Bonchev–Trinajstić information content (AvgIpc) is 2.67. The summed E-state index contributed by atoms with van der Waals surface area (Å²) in [4.78, 5) is 11.3. The first-order chi connectivity index (χ1) is 15.2. The molecule has 0 amide bonds. The maximum absolute atomic E-state index is 11.3. The van der Waals surface area contributed by atoms with Crippen LogP contribution in [0, 0.1) is 28.6 Å². The molecule has 3 aliphatic rings. The van der Waals surface area contributed by atoms with Crippen molar-refractivity contribution in [1.82, 2.24) is 0 Å². The summed E-state index contributed by atoms with van der Waals surface area (Å²) in [5, 5.41) is 0.0760. The minimum Gasteiger partial charge on any atom is -0.412 e. The summed E-state index contributed by atoms with van der Waals surface area (Å²) < 4.78 is 7.12. The quantitative estimate of drug-likeness (QED) is 0.201. The van der Waals surface area contributed by atoms with E-state index >= 15 is 0 Å². The highest BCUT2D eigenvalue weighted by Crippen LogP contribution is 2.65. The maximum Gasteiger partial charge on any atom is 0.221 e. The molecule has 0 heterocycles. The fourth-order valence-electron chi connectivity index (χ4n) is 8.37. The van der Waals surface area contributed by atoms with Gasteiger partial charge in [0.15, 0.2) is 0 Å². The second-order valence-corrected chi connectivity index (χ2v) is 17.7. The normalized spacial score (nSPS) is 34.4. The molecular formula is C29H50ClO2Si. The van der Waals surface area contributed by atoms with Crippen molar-refractivity contribution in [3.63, 3.8) is 0 Å². The molecule has 0 aromatic rings. The van der Waals surface area contributed by atoms with Gasteiger partial charge in [-0.25, -0.2) is 0 Å². The third-order valence-electron chi connectivity index (χ3n) is 9.75. The number of allylic oxidation sites excluding steroid dienone is 2. The van der Waals surface area contributed by atoms with Gasteiger partial charge >= 0.3 is 0 Å². The van der Waals surface area contributed by atoms with Crippen molar-refractivity contribution >= 4 is 25.9 Å². The molecule has 0 N–H and O–H groups in total. The highest BCUT2D eigenvalue weighted by Gasteiger charge is 2.59. The van der Waals surface area contributed by atoms with Gasteiger partial charge in [0.05, 0.1) is 6.10 Å². The van der Waals surface area contributed by atoms with Gasteiger partial charge in [-0.05, 0) is 109 Å². The van der Waals surface area contributed by atoms with Gasteiger partial charge in [-0.3, -0.25) is 4.79 Å². The van der Waals surface area contributed by atoms with Gasteiger partial charge in [-0.1, -0.05) is 66.5 Å². The fraction of sp³-hybridized carbons (Fsp3) is 0.897. The number of rotatable bonds is 7. The third kappa shape index (κ3) is 5.51. The fourth-order valence-corrected chi connectivity index (χ4v) is 11.6. The molecule has 4 heteroatoms. The van der Waals surface area contributed by atoms with E-state index in [-0.39, 0.29) is 15.7 Å². The molecule has 2 saturated carbocycles. The summed E-state index contributed by atoms with van der Waals surface area (Å²) in [6.45, 7) is 21.9. The smallest absolute Gasteiger partial charge is 0.221 e. The Morgan fingerprint density at radius 3 is 2.39 bits per heavy atom. The molecule has 0 bridgehead atoms. The lowest BCUT2D eigenvalue weighted by molar-refractivity contribution is -0.144. The highest BCUT2D eigenvalue weighted by atomic mass is 35.5. The molecule has 3 aliphatic carbocycles. The van der Waals surface area contributed by atoms with Gasteiger partial charge in [0.2, 0.25) is 14.3 Å². The highest BCUT2D eigenvalue weighted by molar-refractivity contribution is 6.63. The Kier molecular flexibility index (Phi) is 8.40. The van der Waals surface area contributed by atoms with E-state index in [0.717, 1.165) is 24.7 Å². The van der Waals surface area contributed by atoms with Crippen LogP contribution >= 0.6 is 11.6 Å². The predicted molar refractivity (Wildman–Crippen MR) is 143 cm³/mol. The van der Waals surface area contributed by atoms with Crippen LogP contribution in [0.25, 0.3) is 0 Å². The number of halogens is 1. The summed E-state index contributed by atoms with van der Waals surface area (Å²) in [6, 6.07) is 0. The first-order valence-electron chi connectivity index (χ1n) is 13.6. The van der Waals surface area contributed by atoms with Crippen molar-refractivity contribution in [3.05, 3.63) is 11.1 Å². The van der Waals surface area contributed by atoms with E-state index in [9.17, 15) is 4.79 Å². The van der Waals surface area contributed by atoms with Gasteiger partial charge < -0.3 is 4.43 Å². The second-order valence-electron chi connectivity index (χ2n) is 13.6. The second kappa shape index (κ2) is 10.1. The maximum atomic E-state index is 11.3. The van der Waals surface area contributed by atoms with Crippen molar-refractivity contribution in [2.75, 3.05) is 0 Å². The van der Waals surface area contributed by atoms with Crippen molar-refractivity contribution < 1.29 is 9.22 Å². The van der Waals surface area contributed by atoms with E-state index in [2.05, 4.69) is 62.3 Å². The zero-order chi connectivity index (χ0) is 24.8. The molecule has 1 radical (unpaired) electrons. The van der Waals surface area contributed by atoms with Gasteiger partial charge in [0.1, 0.15) is 0 Å².